The zero-order valence-corrected chi connectivity index (χ0v) is 8.68. The first-order chi connectivity index (χ1) is 6.10. The van der Waals surface area contributed by atoms with Gasteiger partial charge in [-0.1, -0.05) is 6.92 Å². The van der Waals surface area contributed by atoms with Crippen LogP contribution in [0.3, 0.4) is 0 Å². The van der Waals surface area contributed by atoms with Crippen LogP contribution in [-0.2, 0) is 10.2 Å². The first-order valence-corrected chi connectivity index (χ1v) is 5.99. The van der Waals surface area contributed by atoms with E-state index in [-0.39, 0.29) is 0 Å². The molecule has 78 valence electrons. The number of hydrogen-bond acceptors (Lipinski definition) is 3. The number of rotatable bonds is 3. The summed E-state index contributed by atoms with van der Waals surface area (Å²) in [4.78, 5) is 0. The van der Waals surface area contributed by atoms with E-state index in [1.165, 1.54) is 4.31 Å². The molecule has 0 aliphatic carbocycles. The quantitative estimate of drug-likeness (QED) is 0.631. The van der Waals surface area contributed by atoms with E-state index < -0.39 is 10.2 Å². The summed E-state index contributed by atoms with van der Waals surface area (Å²) in [5.74, 6) is 0.355. The Hall–Kier alpha value is -0.170. The van der Waals surface area contributed by atoms with E-state index in [0.29, 0.717) is 32.1 Å². The van der Waals surface area contributed by atoms with Crippen LogP contribution in [0.1, 0.15) is 13.3 Å². The number of nitrogens with zero attached hydrogens (tertiary/aromatic N) is 1. The second-order valence-electron chi connectivity index (χ2n) is 3.25. The third-order valence-electron chi connectivity index (χ3n) is 2.28. The standard InChI is InChI=1S/C7H17N3O2S/c1-2-10-6-7(3-4-8)5-9-13(10,11)12/h7,9H,2-6,8H2,1H3. The van der Waals surface area contributed by atoms with Crippen LogP contribution in [0.2, 0.25) is 0 Å². The van der Waals surface area contributed by atoms with Crippen molar-refractivity contribution in [1.82, 2.24) is 9.03 Å². The lowest BCUT2D eigenvalue weighted by Gasteiger charge is -2.31. The van der Waals surface area contributed by atoms with E-state index in [4.69, 9.17) is 5.73 Å². The molecule has 1 aliphatic rings. The third kappa shape index (κ3) is 2.63. The van der Waals surface area contributed by atoms with Gasteiger partial charge in [0.25, 0.3) is 10.2 Å². The van der Waals surface area contributed by atoms with Gasteiger partial charge in [0.1, 0.15) is 0 Å². The molecule has 1 fully saturated rings. The van der Waals surface area contributed by atoms with Gasteiger partial charge in [-0.3, -0.25) is 0 Å². The summed E-state index contributed by atoms with van der Waals surface area (Å²) in [6, 6.07) is 0. The molecule has 0 saturated carbocycles. The Morgan fingerprint density at radius 1 is 1.62 bits per heavy atom. The summed E-state index contributed by atoms with van der Waals surface area (Å²) in [6.07, 6.45) is 0.874. The predicted octanol–water partition coefficient (Wildman–Crippen LogP) is -0.879. The van der Waals surface area contributed by atoms with Gasteiger partial charge in [0.2, 0.25) is 0 Å². The van der Waals surface area contributed by atoms with Crippen molar-refractivity contribution in [3.05, 3.63) is 0 Å². The second kappa shape index (κ2) is 4.36. The highest BCUT2D eigenvalue weighted by Crippen LogP contribution is 2.12. The lowest BCUT2D eigenvalue weighted by molar-refractivity contribution is 0.307. The average molecular weight is 207 g/mol. The van der Waals surface area contributed by atoms with Crippen molar-refractivity contribution in [3.8, 4) is 0 Å². The van der Waals surface area contributed by atoms with Gasteiger partial charge in [0.05, 0.1) is 0 Å². The minimum absolute atomic E-state index is 0.355. The summed E-state index contributed by atoms with van der Waals surface area (Å²) in [6.45, 7) is 4.10. The molecule has 6 heteroatoms. The van der Waals surface area contributed by atoms with Crippen molar-refractivity contribution in [2.24, 2.45) is 11.7 Å². The molecule has 1 rings (SSSR count). The zero-order valence-electron chi connectivity index (χ0n) is 7.86. The van der Waals surface area contributed by atoms with E-state index in [2.05, 4.69) is 4.72 Å². The summed E-state index contributed by atoms with van der Waals surface area (Å²) >= 11 is 0. The molecule has 1 aliphatic heterocycles. The van der Waals surface area contributed by atoms with E-state index in [1.807, 2.05) is 6.92 Å². The second-order valence-corrected chi connectivity index (χ2v) is 5.00. The normalized spacial score (nSPS) is 28.9. The van der Waals surface area contributed by atoms with Gasteiger partial charge < -0.3 is 5.73 Å². The Balaban J connectivity index is 2.58. The van der Waals surface area contributed by atoms with Gasteiger partial charge in [-0.05, 0) is 18.9 Å². The third-order valence-corrected chi connectivity index (χ3v) is 3.90. The van der Waals surface area contributed by atoms with E-state index in [1.54, 1.807) is 0 Å². The number of hydrogen-bond donors (Lipinski definition) is 2. The predicted molar refractivity (Wildman–Crippen MR) is 51.3 cm³/mol. The van der Waals surface area contributed by atoms with Gasteiger partial charge >= 0.3 is 0 Å². The zero-order chi connectivity index (χ0) is 9.90. The Labute approximate surface area is 79.5 Å². The van der Waals surface area contributed by atoms with Crippen LogP contribution in [0.5, 0.6) is 0 Å². The Morgan fingerprint density at radius 3 is 2.85 bits per heavy atom. The van der Waals surface area contributed by atoms with Gasteiger partial charge in [0, 0.05) is 19.6 Å². The summed E-state index contributed by atoms with van der Waals surface area (Å²) < 4.78 is 26.7. The minimum Gasteiger partial charge on any atom is -0.330 e. The topological polar surface area (TPSA) is 75.4 Å². The number of nitrogens with two attached hydrogens (primary N) is 1. The maximum Gasteiger partial charge on any atom is 0.279 e. The highest BCUT2D eigenvalue weighted by atomic mass is 32.2. The van der Waals surface area contributed by atoms with Crippen LogP contribution < -0.4 is 10.5 Å². The summed E-state index contributed by atoms with van der Waals surface area (Å²) in [5.41, 5.74) is 5.42. The van der Waals surface area contributed by atoms with E-state index in [0.717, 1.165) is 6.42 Å². The molecular weight excluding hydrogens is 190 g/mol. The molecule has 13 heavy (non-hydrogen) atoms. The molecule has 1 heterocycles. The van der Waals surface area contributed by atoms with Crippen LogP contribution in [-0.4, -0.2) is 38.9 Å². The largest absolute Gasteiger partial charge is 0.330 e. The van der Waals surface area contributed by atoms with Gasteiger partial charge in [-0.15, -0.1) is 0 Å². The molecule has 0 aromatic rings. The maximum absolute atomic E-state index is 11.3. The SMILES string of the molecule is CCN1CC(CCN)CNS1(=O)=O. The lowest BCUT2D eigenvalue weighted by atomic mass is 10.1. The molecule has 0 radical (unpaired) electrons. The number of nitrogens with one attached hydrogen (secondary N) is 1. The van der Waals surface area contributed by atoms with Crippen LogP contribution in [0.15, 0.2) is 0 Å². The molecule has 3 N–H and O–H groups in total. The first kappa shape index (κ1) is 10.9. The van der Waals surface area contributed by atoms with Gasteiger partial charge in [0.15, 0.2) is 0 Å². The lowest BCUT2D eigenvalue weighted by Crippen LogP contribution is -2.51. The molecule has 0 bridgehead atoms. The monoisotopic (exact) mass is 207 g/mol. The van der Waals surface area contributed by atoms with E-state index >= 15 is 0 Å². The maximum atomic E-state index is 11.3. The fourth-order valence-electron chi connectivity index (χ4n) is 1.49. The van der Waals surface area contributed by atoms with Crippen LogP contribution in [0.4, 0.5) is 0 Å². The average Bonchev–Trinajstić information content (AvgIpc) is 2.08. The summed E-state index contributed by atoms with van der Waals surface area (Å²) in [7, 11) is -3.18. The summed E-state index contributed by atoms with van der Waals surface area (Å²) in [5, 5.41) is 0. The fourth-order valence-corrected chi connectivity index (χ4v) is 2.87. The van der Waals surface area contributed by atoms with Crippen LogP contribution in [0.25, 0.3) is 0 Å². The Kier molecular flexibility index (Phi) is 3.66. The fraction of sp³-hybridized carbons (Fsp3) is 1.00. The van der Waals surface area contributed by atoms with Crippen molar-refractivity contribution >= 4 is 10.2 Å². The first-order valence-electron chi connectivity index (χ1n) is 4.55. The highest BCUT2D eigenvalue weighted by Gasteiger charge is 2.29. The smallest absolute Gasteiger partial charge is 0.279 e. The molecular formula is C7H17N3O2S. The van der Waals surface area contributed by atoms with Gasteiger partial charge in [-0.2, -0.15) is 12.7 Å². The molecule has 1 saturated heterocycles. The molecule has 0 amide bonds. The Bertz CT molecular complexity index is 252. The van der Waals surface area contributed by atoms with E-state index in [9.17, 15) is 8.42 Å². The van der Waals surface area contributed by atoms with Crippen molar-refractivity contribution in [2.45, 2.75) is 13.3 Å². The molecule has 1 atom stereocenters. The Morgan fingerprint density at radius 2 is 2.31 bits per heavy atom. The molecule has 0 aromatic heterocycles. The van der Waals surface area contributed by atoms with Gasteiger partial charge in [-0.25, -0.2) is 4.72 Å². The van der Waals surface area contributed by atoms with Crippen molar-refractivity contribution in [2.75, 3.05) is 26.2 Å². The molecule has 0 spiro atoms. The van der Waals surface area contributed by atoms with Crippen LogP contribution >= 0.6 is 0 Å². The van der Waals surface area contributed by atoms with Crippen molar-refractivity contribution < 1.29 is 8.42 Å². The highest BCUT2D eigenvalue weighted by molar-refractivity contribution is 7.87. The molecule has 0 aromatic carbocycles. The molecule has 5 nitrogen and oxygen atoms in total. The molecule has 1 unspecified atom stereocenters. The van der Waals surface area contributed by atoms with Crippen molar-refractivity contribution in [3.63, 3.8) is 0 Å². The van der Waals surface area contributed by atoms with Crippen molar-refractivity contribution in [1.29, 1.82) is 0 Å². The minimum atomic E-state index is -3.18. The van der Waals surface area contributed by atoms with Crippen LogP contribution in [0, 0.1) is 5.92 Å².